The number of hydrazine groups is 1. The van der Waals surface area contributed by atoms with E-state index < -0.39 is 0 Å². The van der Waals surface area contributed by atoms with E-state index in [2.05, 4.69) is 20.9 Å². The van der Waals surface area contributed by atoms with Crippen LogP contribution in [0.25, 0.3) is 0 Å². The van der Waals surface area contributed by atoms with Gasteiger partial charge in [0.2, 0.25) is 0 Å². The SMILES string of the molecule is CCCc1cc(C(=O)NCc2ccno2)cc(NN)n1. The van der Waals surface area contributed by atoms with Gasteiger partial charge in [0.15, 0.2) is 5.76 Å². The smallest absolute Gasteiger partial charge is 0.251 e. The highest BCUT2D eigenvalue weighted by Gasteiger charge is 2.10. The number of rotatable bonds is 6. The molecule has 0 aliphatic carbocycles. The van der Waals surface area contributed by atoms with E-state index in [1.165, 1.54) is 6.20 Å². The van der Waals surface area contributed by atoms with Gasteiger partial charge in [0.1, 0.15) is 5.82 Å². The predicted molar refractivity (Wildman–Crippen MR) is 73.7 cm³/mol. The van der Waals surface area contributed by atoms with Crippen molar-refractivity contribution in [3.8, 4) is 0 Å². The molecular formula is C13H17N5O2. The van der Waals surface area contributed by atoms with E-state index in [0.29, 0.717) is 17.1 Å². The average molecular weight is 275 g/mol. The van der Waals surface area contributed by atoms with Crippen molar-refractivity contribution in [3.63, 3.8) is 0 Å². The zero-order valence-corrected chi connectivity index (χ0v) is 11.2. The first-order chi connectivity index (χ1) is 9.72. The quantitative estimate of drug-likeness (QED) is 0.541. The van der Waals surface area contributed by atoms with Crippen molar-refractivity contribution in [1.29, 1.82) is 0 Å². The number of anilines is 1. The predicted octanol–water partition coefficient (Wildman–Crippen LogP) is 1.24. The van der Waals surface area contributed by atoms with Crippen LogP contribution in [0.5, 0.6) is 0 Å². The maximum atomic E-state index is 12.1. The van der Waals surface area contributed by atoms with Crippen LogP contribution in [0.4, 0.5) is 5.82 Å². The van der Waals surface area contributed by atoms with Gasteiger partial charge in [-0.25, -0.2) is 10.8 Å². The van der Waals surface area contributed by atoms with E-state index in [1.807, 2.05) is 6.92 Å². The first-order valence-electron chi connectivity index (χ1n) is 6.38. The second kappa shape index (κ2) is 6.67. The van der Waals surface area contributed by atoms with Crippen LogP contribution in [0.1, 0.15) is 35.2 Å². The number of pyridine rings is 1. The molecule has 2 rings (SSSR count). The fraction of sp³-hybridized carbons (Fsp3) is 0.308. The molecule has 0 atom stereocenters. The Morgan fingerprint density at radius 2 is 2.30 bits per heavy atom. The Hall–Kier alpha value is -2.41. The largest absolute Gasteiger partial charge is 0.360 e. The van der Waals surface area contributed by atoms with Crippen molar-refractivity contribution in [1.82, 2.24) is 15.5 Å². The van der Waals surface area contributed by atoms with Crippen LogP contribution in [0.3, 0.4) is 0 Å². The monoisotopic (exact) mass is 275 g/mol. The number of nitrogen functional groups attached to an aromatic ring is 1. The molecule has 0 aliphatic heterocycles. The van der Waals surface area contributed by atoms with Gasteiger partial charge in [-0.1, -0.05) is 18.5 Å². The highest BCUT2D eigenvalue weighted by atomic mass is 16.5. The number of hydrogen-bond donors (Lipinski definition) is 3. The van der Waals surface area contributed by atoms with E-state index >= 15 is 0 Å². The summed E-state index contributed by atoms with van der Waals surface area (Å²) in [5, 5.41) is 6.33. The number of aryl methyl sites for hydroxylation is 1. The van der Waals surface area contributed by atoms with Crippen LogP contribution in [0.15, 0.2) is 28.9 Å². The Kier molecular flexibility index (Phi) is 4.67. The van der Waals surface area contributed by atoms with E-state index in [9.17, 15) is 4.79 Å². The molecule has 7 nitrogen and oxygen atoms in total. The number of nitrogens with zero attached hydrogens (tertiary/aromatic N) is 2. The number of amides is 1. The lowest BCUT2D eigenvalue weighted by Crippen LogP contribution is -2.23. The van der Waals surface area contributed by atoms with Gasteiger partial charge in [-0.3, -0.25) is 4.79 Å². The molecule has 0 spiro atoms. The van der Waals surface area contributed by atoms with Gasteiger partial charge in [-0.2, -0.15) is 0 Å². The highest BCUT2D eigenvalue weighted by Crippen LogP contribution is 2.11. The Morgan fingerprint density at radius 1 is 1.45 bits per heavy atom. The molecular weight excluding hydrogens is 258 g/mol. The summed E-state index contributed by atoms with van der Waals surface area (Å²) in [5.41, 5.74) is 3.81. The molecule has 2 heterocycles. The summed E-state index contributed by atoms with van der Waals surface area (Å²) in [6, 6.07) is 5.07. The van der Waals surface area contributed by atoms with Gasteiger partial charge in [-0.15, -0.1) is 0 Å². The van der Waals surface area contributed by atoms with E-state index in [4.69, 9.17) is 10.4 Å². The summed E-state index contributed by atoms with van der Waals surface area (Å²) in [7, 11) is 0. The standard InChI is InChI=1S/C13H17N5O2/c1-2-3-10-6-9(7-12(17-10)18-14)13(19)15-8-11-4-5-16-20-11/h4-7H,2-3,8,14H2,1H3,(H,15,19)(H,17,18). The Bertz CT molecular complexity index is 568. The van der Waals surface area contributed by atoms with E-state index in [0.717, 1.165) is 18.5 Å². The molecule has 0 aromatic carbocycles. The minimum absolute atomic E-state index is 0.211. The summed E-state index contributed by atoms with van der Waals surface area (Å²) in [4.78, 5) is 16.4. The van der Waals surface area contributed by atoms with Crippen molar-refractivity contribution in [2.75, 3.05) is 5.43 Å². The van der Waals surface area contributed by atoms with Crippen molar-refractivity contribution in [3.05, 3.63) is 41.4 Å². The van der Waals surface area contributed by atoms with Crippen molar-refractivity contribution < 1.29 is 9.32 Å². The van der Waals surface area contributed by atoms with Crippen LogP contribution in [0.2, 0.25) is 0 Å². The average Bonchev–Trinajstić information content (AvgIpc) is 2.98. The third-order valence-corrected chi connectivity index (χ3v) is 2.71. The summed E-state index contributed by atoms with van der Waals surface area (Å²) in [6.45, 7) is 2.34. The summed E-state index contributed by atoms with van der Waals surface area (Å²) >= 11 is 0. The van der Waals surface area contributed by atoms with Gasteiger partial charge in [-0.05, 0) is 18.6 Å². The molecule has 4 N–H and O–H groups in total. The Balaban J connectivity index is 2.09. The number of aromatic nitrogens is 2. The third kappa shape index (κ3) is 3.55. The summed E-state index contributed by atoms with van der Waals surface area (Å²) in [6.07, 6.45) is 3.27. The summed E-state index contributed by atoms with van der Waals surface area (Å²) in [5.74, 6) is 6.23. The number of nitrogens with two attached hydrogens (primary N) is 1. The zero-order valence-electron chi connectivity index (χ0n) is 11.2. The zero-order chi connectivity index (χ0) is 14.4. The lowest BCUT2D eigenvalue weighted by atomic mass is 10.1. The molecule has 2 aromatic rings. The van der Waals surface area contributed by atoms with E-state index in [1.54, 1.807) is 18.2 Å². The molecule has 20 heavy (non-hydrogen) atoms. The van der Waals surface area contributed by atoms with Crippen LogP contribution < -0.4 is 16.6 Å². The van der Waals surface area contributed by atoms with Gasteiger partial charge in [0.25, 0.3) is 5.91 Å². The third-order valence-electron chi connectivity index (χ3n) is 2.71. The van der Waals surface area contributed by atoms with Crippen LogP contribution in [-0.4, -0.2) is 16.0 Å². The second-order valence-corrected chi connectivity index (χ2v) is 4.29. The van der Waals surface area contributed by atoms with Gasteiger partial charge in [0, 0.05) is 17.3 Å². The lowest BCUT2D eigenvalue weighted by Gasteiger charge is -2.08. The molecule has 0 saturated carbocycles. The van der Waals surface area contributed by atoms with E-state index in [-0.39, 0.29) is 12.5 Å². The van der Waals surface area contributed by atoms with Crippen molar-refractivity contribution >= 4 is 11.7 Å². The number of hydrogen-bond acceptors (Lipinski definition) is 6. The number of carbonyl (C=O) groups excluding carboxylic acids is 1. The highest BCUT2D eigenvalue weighted by molar-refractivity contribution is 5.94. The topological polar surface area (TPSA) is 106 Å². The van der Waals surface area contributed by atoms with Crippen LogP contribution in [-0.2, 0) is 13.0 Å². The molecule has 7 heteroatoms. The molecule has 0 radical (unpaired) electrons. The number of nitrogens with one attached hydrogen (secondary N) is 2. The van der Waals surface area contributed by atoms with Crippen molar-refractivity contribution in [2.45, 2.75) is 26.3 Å². The molecule has 2 aromatic heterocycles. The number of carbonyl (C=O) groups is 1. The first-order valence-corrected chi connectivity index (χ1v) is 6.38. The molecule has 106 valence electrons. The van der Waals surface area contributed by atoms with Crippen molar-refractivity contribution in [2.24, 2.45) is 5.84 Å². The minimum Gasteiger partial charge on any atom is -0.360 e. The Labute approximate surface area is 116 Å². The molecule has 0 aliphatic rings. The second-order valence-electron chi connectivity index (χ2n) is 4.29. The van der Waals surface area contributed by atoms with Gasteiger partial charge in [0.05, 0.1) is 12.7 Å². The molecule has 0 fully saturated rings. The molecule has 0 unspecified atom stereocenters. The minimum atomic E-state index is -0.211. The molecule has 0 bridgehead atoms. The maximum Gasteiger partial charge on any atom is 0.251 e. The molecule has 0 saturated heterocycles. The first kappa shape index (κ1) is 14.0. The Morgan fingerprint density at radius 3 is 2.95 bits per heavy atom. The lowest BCUT2D eigenvalue weighted by molar-refractivity contribution is 0.0947. The van der Waals surface area contributed by atoms with Crippen LogP contribution >= 0.6 is 0 Å². The molecule has 1 amide bonds. The fourth-order valence-electron chi connectivity index (χ4n) is 1.78. The van der Waals surface area contributed by atoms with Crippen LogP contribution in [0, 0.1) is 0 Å². The van der Waals surface area contributed by atoms with Gasteiger partial charge < -0.3 is 15.3 Å². The van der Waals surface area contributed by atoms with Gasteiger partial charge >= 0.3 is 0 Å². The fourth-order valence-corrected chi connectivity index (χ4v) is 1.78. The normalized spacial score (nSPS) is 10.3. The maximum absolute atomic E-state index is 12.1. The summed E-state index contributed by atoms with van der Waals surface area (Å²) < 4.78 is 4.92.